The Bertz CT molecular complexity index is 509. The smallest absolute Gasteiger partial charge is 0.229 e. The molecule has 0 spiro atoms. The van der Waals surface area contributed by atoms with Gasteiger partial charge in [-0.25, -0.2) is 9.97 Å². The fraction of sp³-hybridized carbons (Fsp3) is 0.385. The number of imidazole rings is 2. The molecule has 0 fully saturated rings. The highest BCUT2D eigenvalue weighted by molar-refractivity contribution is 8.93. The molecule has 2 amide bonds. The van der Waals surface area contributed by atoms with Gasteiger partial charge in [0.1, 0.15) is 6.42 Å². The van der Waals surface area contributed by atoms with Crippen LogP contribution in [0.15, 0.2) is 25.0 Å². The minimum absolute atomic E-state index is 0. The maximum atomic E-state index is 11.6. The largest absolute Gasteiger partial charge is 0.355 e. The van der Waals surface area contributed by atoms with Crippen molar-refractivity contribution in [3.8, 4) is 0 Å². The highest BCUT2D eigenvalue weighted by Crippen LogP contribution is 1.92. The average molecular weight is 452 g/mol. The van der Waals surface area contributed by atoms with Gasteiger partial charge in [-0.15, -0.1) is 34.0 Å². The van der Waals surface area contributed by atoms with Crippen molar-refractivity contribution in [2.45, 2.75) is 19.3 Å². The second-order valence-electron chi connectivity index (χ2n) is 4.53. The van der Waals surface area contributed by atoms with Gasteiger partial charge in [0, 0.05) is 49.7 Å². The van der Waals surface area contributed by atoms with Crippen molar-refractivity contribution in [2.75, 3.05) is 13.1 Å². The molecule has 2 aromatic rings. The lowest BCUT2D eigenvalue weighted by Gasteiger charge is -2.05. The van der Waals surface area contributed by atoms with E-state index in [-0.39, 0.29) is 52.2 Å². The molecule has 8 nitrogen and oxygen atoms in total. The third-order valence-electron chi connectivity index (χ3n) is 2.86. The van der Waals surface area contributed by atoms with Crippen molar-refractivity contribution in [2.24, 2.45) is 0 Å². The van der Waals surface area contributed by atoms with Crippen LogP contribution in [0.3, 0.4) is 0 Å². The number of hydrogen-bond donors (Lipinski definition) is 4. The van der Waals surface area contributed by atoms with E-state index in [4.69, 9.17) is 0 Å². The van der Waals surface area contributed by atoms with Crippen LogP contribution in [0.2, 0.25) is 0 Å². The topological polar surface area (TPSA) is 116 Å². The number of hydrogen-bond acceptors (Lipinski definition) is 4. The number of halogens is 2. The first-order valence-electron chi connectivity index (χ1n) is 6.72. The number of carbonyl (C=O) groups is 2. The molecular weight excluding hydrogens is 432 g/mol. The van der Waals surface area contributed by atoms with Gasteiger partial charge in [-0.05, 0) is 0 Å². The first-order chi connectivity index (χ1) is 10.2. The van der Waals surface area contributed by atoms with E-state index < -0.39 is 0 Å². The number of aromatic amines is 2. The van der Waals surface area contributed by atoms with Crippen LogP contribution in [0.4, 0.5) is 0 Å². The SMILES string of the molecule is Br.Br.O=C(CC(=O)NCCc1cnc[nH]1)NCCc1cnc[nH]1. The van der Waals surface area contributed by atoms with Gasteiger partial charge in [0.15, 0.2) is 0 Å². The number of amides is 2. The number of nitrogens with zero attached hydrogens (tertiary/aromatic N) is 2. The summed E-state index contributed by atoms with van der Waals surface area (Å²) in [5.74, 6) is -0.567. The number of carbonyl (C=O) groups excluding carboxylic acids is 2. The van der Waals surface area contributed by atoms with E-state index in [0.717, 1.165) is 11.4 Å². The van der Waals surface area contributed by atoms with Crippen LogP contribution < -0.4 is 10.6 Å². The Morgan fingerprint density at radius 1 is 0.870 bits per heavy atom. The summed E-state index contributed by atoms with van der Waals surface area (Å²) >= 11 is 0. The van der Waals surface area contributed by atoms with Crippen molar-refractivity contribution in [1.29, 1.82) is 0 Å². The van der Waals surface area contributed by atoms with Crippen LogP contribution >= 0.6 is 34.0 Å². The Balaban J connectivity index is 0.00000242. The Kier molecular flexibility index (Phi) is 11.0. The maximum absolute atomic E-state index is 11.6. The summed E-state index contributed by atoms with van der Waals surface area (Å²) in [6, 6.07) is 0. The molecule has 2 heterocycles. The first kappa shape index (κ1) is 21.3. The van der Waals surface area contributed by atoms with E-state index in [0.29, 0.717) is 25.9 Å². The van der Waals surface area contributed by atoms with Gasteiger partial charge < -0.3 is 20.6 Å². The summed E-state index contributed by atoms with van der Waals surface area (Å²) in [7, 11) is 0. The summed E-state index contributed by atoms with van der Waals surface area (Å²) in [6.45, 7) is 0.949. The molecule has 2 aromatic heterocycles. The molecule has 128 valence electrons. The number of H-pyrrole nitrogens is 2. The molecule has 0 atom stereocenters. The summed E-state index contributed by atoms with van der Waals surface area (Å²) in [6.07, 6.45) is 7.74. The number of rotatable bonds is 8. The summed E-state index contributed by atoms with van der Waals surface area (Å²) in [5.41, 5.74) is 1.89. The Hall–Kier alpha value is -1.68. The van der Waals surface area contributed by atoms with Crippen LogP contribution in [0.1, 0.15) is 17.8 Å². The molecule has 0 saturated carbocycles. The van der Waals surface area contributed by atoms with Gasteiger partial charge in [-0.3, -0.25) is 9.59 Å². The van der Waals surface area contributed by atoms with Gasteiger partial charge in [0.2, 0.25) is 11.8 Å². The third-order valence-corrected chi connectivity index (χ3v) is 2.86. The highest BCUT2D eigenvalue weighted by Gasteiger charge is 2.08. The van der Waals surface area contributed by atoms with Crippen molar-refractivity contribution in [1.82, 2.24) is 30.6 Å². The van der Waals surface area contributed by atoms with Crippen molar-refractivity contribution in [3.05, 3.63) is 36.4 Å². The zero-order chi connectivity index (χ0) is 14.9. The van der Waals surface area contributed by atoms with E-state index in [9.17, 15) is 9.59 Å². The molecular formula is C13H20Br2N6O2. The van der Waals surface area contributed by atoms with Crippen LogP contribution in [-0.4, -0.2) is 44.8 Å². The zero-order valence-electron chi connectivity index (χ0n) is 12.4. The first-order valence-corrected chi connectivity index (χ1v) is 6.72. The van der Waals surface area contributed by atoms with Crippen LogP contribution in [0.25, 0.3) is 0 Å². The second kappa shape index (κ2) is 11.8. The molecule has 0 aliphatic rings. The van der Waals surface area contributed by atoms with Gasteiger partial charge in [-0.1, -0.05) is 0 Å². The predicted octanol–water partition coefficient (Wildman–Crippen LogP) is 0.696. The Morgan fingerprint density at radius 3 is 1.65 bits per heavy atom. The quantitative estimate of drug-likeness (QED) is 0.442. The molecule has 4 N–H and O–H groups in total. The van der Waals surface area contributed by atoms with E-state index in [2.05, 4.69) is 30.6 Å². The van der Waals surface area contributed by atoms with E-state index >= 15 is 0 Å². The Morgan fingerprint density at radius 2 is 1.30 bits per heavy atom. The van der Waals surface area contributed by atoms with E-state index in [1.54, 1.807) is 25.0 Å². The van der Waals surface area contributed by atoms with Crippen molar-refractivity contribution >= 4 is 45.8 Å². The normalized spacial score (nSPS) is 9.39. The van der Waals surface area contributed by atoms with Crippen LogP contribution in [0, 0.1) is 0 Å². The molecule has 0 aliphatic carbocycles. The van der Waals surface area contributed by atoms with Gasteiger partial charge in [-0.2, -0.15) is 0 Å². The second-order valence-corrected chi connectivity index (χ2v) is 4.53. The number of nitrogens with one attached hydrogen (secondary N) is 4. The van der Waals surface area contributed by atoms with Crippen LogP contribution in [0.5, 0.6) is 0 Å². The lowest BCUT2D eigenvalue weighted by Crippen LogP contribution is -2.33. The van der Waals surface area contributed by atoms with E-state index in [1.165, 1.54) is 0 Å². The maximum Gasteiger partial charge on any atom is 0.229 e. The molecule has 0 aliphatic heterocycles. The minimum Gasteiger partial charge on any atom is -0.355 e. The van der Waals surface area contributed by atoms with E-state index in [1.807, 2.05) is 0 Å². The average Bonchev–Trinajstić information content (AvgIpc) is 3.11. The van der Waals surface area contributed by atoms with Crippen molar-refractivity contribution < 1.29 is 9.59 Å². The molecule has 0 bridgehead atoms. The standard InChI is InChI=1S/C13H18N6O2.2BrH/c20-12(16-3-1-10-6-14-8-18-10)5-13(21)17-4-2-11-7-15-9-19-11;;/h6-9H,1-5H2,(H,14,18)(H,15,19)(H,16,20)(H,17,21);2*1H. The highest BCUT2D eigenvalue weighted by atomic mass is 79.9. The monoisotopic (exact) mass is 450 g/mol. The molecule has 10 heteroatoms. The molecule has 0 unspecified atom stereocenters. The third kappa shape index (κ3) is 8.50. The molecule has 0 saturated heterocycles. The van der Waals surface area contributed by atoms with Gasteiger partial charge in [0.05, 0.1) is 12.7 Å². The molecule has 0 radical (unpaired) electrons. The van der Waals surface area contributed by atoms with Gasteiger partial charge in [0.25, 0.3) is 0 Å². The fourth-order valence-electron chi connectivity index (χ4n) is 1.79. The lowest BCUT2D eigenvalue weighted by molar-refractivity contribution is -0.129. The summed E-state index contributed by atoms with van der Waals surface area (Å²) in [5, 5.41) is 5.38. The fourth-order valence-corrected chi connectivity index (χ4v) is 1.79. The van der Waals surface area contributed by atoms with Crippen LogP contribution in [-0.2, 0) is 22.4 Å². The Labute approximate surface area is 154 Å². The van der Waals surface area contributed by atoms with Crippen molar-refractivity contribution in [3.63, 3.8) is 0 Å². The molecule has 2 rings (SSSR count). The lowest BCUT2D eigenvalue weighted by atomic mass is 10.3. The summed E-state index contributed by atoms with van der Waals surface area (Å²) in [4.78, 5) is 36.8. The summed E-state index contributed by atoms with van der Waals surface area (Å²) < 4.78 is 0. The predicted molar refractivity (Wildman–Crippen MR) is 95.9 cm³/mol. The minimum atomic E-state index is -0.284. The zero-order valence-corrected chi connectivity index (χ0v) is 15.8. The number of aromatic nitrogens is 4. The molecule has 23 heavy (non-hydrogen) atoms. The van der Waals surface area contributed by atoms with Gasteiger partial charge >= 0.3 is 0 Å². The molecule has 0 aromatic carbocycles.